The smallest absolute Gasteiger partial charge is 0.374 e. The van der Waals surface area contributed by atoms with Crippen molar-refractivity contribution in [1.29, 1.82) is 0 Å². The standard InChI is InChI=1S/C10H2BrF4NO3/c11-5-8(14)6(12)4(7(13)9(5)15)2-1-3(10(17)18)19-16-2/h1H,(H,17,18). The van der Waals surface area contributed by atoms with E-state index in [2.05, 4.69) is 25.6 Å². The van der Waals surface area contributed by atoms with E-state index in [0.29, 0.717) is 6.07 Å². The Morgan fingerprint density at radius 2 is 1.68 bits per heavy atom. The van der Waals surface area contributed by atoms with Gasteiger partial charge in [-0.2, -0.15) is 0 Å². The predicted octanol–water partition coefficient (Wildman–Crippen LogP) is 3.36. The third-order valence-electron chi connectivity index (χ3n) is 2.19. The van der Waals surface area contributed by atoms with E-state index in [0.717, 1.165) is 0 Å². The largest absolute Gasteiger partial charge is 0.475 e. The molecule has 1 heterocycles. The van der Waals surface area contributed by atoms with E-state index in [9.17, 15) is 22.4 Å². The lowest BCUT2D eigenvalue weighted by Gasteiger charge is -2.05. The second kappa shape index (κ2) is 4.65. The zero-order valence-electron chi connectivity index (χ0n) is 8.68. The fourth-order valence-electron chi connectivity index (χ4n) is 1.32. The maximum atomic E-state index is 13.6. The summed E-state index contributed by atoms with van der Waals surface area (Å²) in [4.78, 5) is 10.5. The molecule has 0 radical (unpaired) electrons. The number of carboxylic acid groups (broad SMARTS) is 1. The van der Waals surface area contributed by atoms with Gasteiger partial charge in [-0.05, 0) is 15.9 Å². The van der Waals surface area contributed by atoms with Crippen molar-refractivity contribution >= 4 is 21.9 Å². The zero-order valence-corrected chi connectivity index (χ0v) is 10.3. The van der Waals surface area contributed by atoms with Crippen LogP contribution >= 0.6 is 15.9 Å². The van der Waals surface area contributed by atoms with Crippen LogP contribution in [0.25, 0.3) is 11.3 Å². The molecule has 0 atom stereocenters. The zero-order chi connectivity index (χ0) is 14.3. The molecule has 100 valence electrons. The SMILES string of the molecule is O=C(O)c1cc(-c2c(F)c(F)c(Br)c(F)c2F)no1. The summed E-state index contributed by atoms with van der Waals surface area (Å²) in [6.07, 6.45) is 0. The third-order valence-corrected chi connectivity index (χ3v) is 2.88. The monoisotopic (exact) mass is 339 g/mol. The number of carbonyl (C=O) groups is 1. The summed E-state index contributed by atoms with van der Waals surface area (Å²) in [5, 5.41) is 11.6. The van der Waals surface area contributed by atoms with Crippen molar-refractivity contribution in [2.45, 2.75) is 0 Å². The van der Waals surface area contributed by atoms with Crippen LogP contribution in [0.15, 0.2) is 15.1 Å². The topological polar surface area (TPSA) is 63.3 Å². The van der Waals surface area contributed by atoms with Crippen LogP contribution in [-0.4, -0.2) is 16.2 Å². The van der Waals surface area contributed by atoms with Gasteiger partial charge in [0.05, 0.1) is 10.0 Å². The predicted molar refractivity (Wildman–Crippen MR) is 56.4 cm³/mol. The molecule has 0 saturated heterocycles. The molecule has 19 heavy (non-hydrogen) atoms. The normalized spacial score (nSPS) is 10.8. The maximum Gasteiger partial charge on any atom is 0.374 e. The molecule has 9 heteroatoms. The van der Waals surface area contributed by atoms with Crippen LogP contribution in [0.2, 0.25) is 0 Å². The Labute approximate surface area is 110 Å². The average Bonchev–Trinajstić information content (AvgIpc) is 2.84. The first kappa shape index (κ1) is 13.5. The number of hydrogen-bond donors (Lipinski definition) is 1. The molecular formula is C10H2BrF4NO3. The summed E-state index contributed by atoms with van der Waals surface area (Å²) in [5.74, 6) is -9.01. The minimum Gasteiger partial charge on any atom is -0.475 e. The Hall–Kier alpha value is -1.90. The number of rotatable bonds is 2. The van der Waals surface area contributed by atoms with Crippen LogP contribution in [0.1, 0.15) is 10.6 Å². The lowest BCUT2D eigenvalue weighted by atomic mass is 10.1. The molecule has 1 N–H and O–H groups in total. The summed E-state index contributed by atoms with van der Waals surface area (Å²) >= 11 is 2.35. The van der Waals surface area contributed by atoms with Gasteiger partial charge in [-0.1, -0.05) is 5.16 Å². The van der Waals surface area contributed by atoms with Gasteiger partial charge in [-0.3, -0.25) is 0 Å². The van der Waals surface area contributed by atoms with Crippen LogP contribution in [-0.2, 0) is 0 Å². The quantitative estimate of drug-likeness (QED) is 0.517. The second-order valence-corrected chi connectivity index (χ2v) is 4.12. The molecule has 4 nitrogen and oxygen atoms in total. The molecular weight excluding hydrogens is 338 g/mol. The lowest BCUT2D eigenvalue weighted by Crippen LogP contribution is -2.01. The molecule has 2 rings (SSSR count). The van der Waals surface area contributed by atoms with Gasteiger partial charge in [-0.25, -0.2) is 22.4 Å². The Bertz CT molecular complexity index is 657. The van der Waals surface area contributed by atoms with Gasteiger partial charge in [0.1, 0.15) is 5.69 Å². The van der Waals surface area contributed by atoms with Gasteiger partial charge in [0.15, 0.2) is 23.3 Å². The van der Waals surface area contributed by atoms with Crippen LogP contribution in [0.3, 0.4) is 0 Å². The van der Waals surface area contributed by atoms with E-state index in [1.807, 2.05) is 0 Å². The summed E-state index contributed by atoms with van der Waals surface area (Å²) in [5.41, 5.74) is -1.81. The molecule has 2 aromatic rings. The van der Waals surface area contributed by atoms with Crippen LogP contribution < -0.4 is 0 Å². The highest BCUT2D eigenvalue weighted by atomic mass is 79.9. The number of carboxylic acids is 1. The summed E-state index contributed by atoms with van der Waals surface area (Å²) in [6.45, 7) is 0. The molecule has 0 amide bonds. The number of hydrogen-bond acceptors (Lipinski definition) is 3. The molecule has 0 saturated carbocycles. The lowest BCUT2D eigenvalue weighted by molar-refractivity contribution is 0.0652. The van der Waals surface area contributed by atoms with Crippen LogP contribution in [0.4, 0.5) is 17.6 Å². The Morgan fingerprint density at radius 1 is 1.16 bits per heavy atom. The van der Waals surface area contributed by atoms with Crippen molar-refractivity contribution in [3.8, 4) is 11.3 Å². The first-order valence-electron chi connectivity index (χ1n) is 4.56. The Kier molecular flexibility index (Phi) is 3.31. The highest BCUT2D eigenvalue weighted by Gasteiger charge is 2.27. The third kappa shape index (κ3) is 2.09. The van der Waals surface area contributed by atoms with Crippen molar-refractivity contribution in [2.75, 3.05) is 0 Å². The molecule has 0 aliphatic heterocycles. The highest BCUT2D eigenvalue weighted by molar-refractivity contribution is 9.10. The summed E-state index contributed by atoms with van der Waals surface area (Å²) in [7, 11) is 0. The average molecular weight is 340 g/mol. The maximum absolute atomic E-state index is 13.6. The van der Waals surface area contributed by atoms with Crippen molar-refractivity contribution in [1.82, 2.24) is 5.16 Å². The number of aromatic nitrogens is 1. The van der Waals surface area contributed by atoms with Crippen molar-refractivity contribution in [3.05, 3.63) is 39.6 Å². The summed E-state index contributed by atoms with van der Waals surface area (Å²) in [6, 6.07) is 0.649. The fourth-order valence-corrected chi connectivity index (χ4v) is 1.67. The number of halogens is 5. The van der Waals surface area contributed by atoms with Gasteiger partial charge in [-0.15, -0.1) is 0 Å². The van der Waals surface area contributed by atoms with Gasteiger partial charge >= 0.3 is 5.97 Å². The molecule has 0 unspecified atom stereocenters. The molecule has 0 bridgehead atoms. The van der Waals surface area contributed by atoms with E-state index >= 15 is 0 Å². The van der Waals surface area contributed by atoms with Crippen LogP contribution in [0.5, 0.6) is 0 Å². The van der Waals surface area contributed by atoms with Gasteiger partial charge < -0.3 is 9.63 Å². The second-order valence-electron chi connectivity index (χ2n) is 3.33. The van der Waals surface area contributed by atoms with E-state index in [1.165, 1.54) is 0 Å². The van der Waals surface area contributed by atoms with E-state index < -0.39 is 50.7 Å². The molecule has 0 spiro atoms. The number of aromatic carboxylic acids is 1. The Morgan fingerprint density at radius 3 is 2.11 bits per heavy atom. The van der Waals surface area contributed by atoms with Crippen molar-refractivity contribution in [3.63, 3.8) is 0 Å². The van der Waals surface area contributed by atoms with E-state index in [1.54, 1.807) is 0 Å². The molecule has 0 fully saturated rings. The fraction of sp³-hybridized carbons (Fsp3) is 0. The minimum atomic E-state index is -1.71. The van der Waals surface area contributed by atoms with Gasteiger partial charge in [0.25, 0.3) is 0 Å². The Balaban J connectivity index is 2.71. The van der Waals surface area contributed by atoms with E-state index in [4.69, 9.17) is 5.11 Å². The minimum absolute atomic E-state index is 0.649. The number of nitrogens with zero attached hydrogens (tertiary/aromatic N) is 1. The molecule has 1 aromatic carbocycles. The van der Waals surface area contributed by atoms with Gasteiger partial charge in [0.2, 0.25) is 5.76 Å². The van der Waals surface area contributed by atoms with E-state index in [-0.39, 0.29) is 0 Å². The molecule has 0 aliphatic rings. The van der Waals surface area contributed by atoms with Crippen LogP contribution in [0, 0.1) is 23.3 Å². The van der Waals surface area contributed by atoms with Crippen molar-refractivity contribution in [2.24, 2.45) is 0 Å². The molecule has 0 aliphatic carbocycles. The number of benzene rings is 1. The first-order valence-corrected chi connectivity index (χ1v) is 5.35. The highest BCUT2D eigenvalue weighted by Crippen LogP contribution is 2.34. The first-order chi connectivity index (χ1) is 8.84. The molecule has 1 aromatic heterocycles. The van der Waals surface area contributed by atoms with Crippen molar-refractivity contribution < 1.29 is 32.0 Å². The summed E-state index contributed by atoms with van der Waals surface area (Å²) < 4.78 is 56.9. The van der Waals surface area contributed by atoms with Gasteiger partial charge in [0, 0.05) is 6.07 Å².